The first-order chi connectivity index (χ1) is 16.8. The summed E-state index contributed by atoms with van der Waals surface area (Å²) in [7, 11) is 0. The fraction of sp³-hybridized carbons (Fsp3) is 0.148. The number of rotatable bonds is 4. The second-order valence-electron chi connectivity index (χ2n) is 8.41. The third-order valence-corrected chi connectivity index (χ3v) is 6.25. The Balaban J connectivity index is 1.30. The molecular formula is C27H21N7. The van der Waals surface area contributed by atoms with Crippen LogP contribution >= 0.6 is 0 Å². The van der Waals surface area contributed by atoms with E-state index in [2.05, 4.69) is 44.9 Å². The van der Waals surface area contributed by atoms with Gasteiger partial charge in [0.15, 0.2) is 17.5 Å². The Morgan fingerprint density at radius 1 is 0.882 bits per heavy atom. The van der Waals surface area contributed by atoms with Crippen LogP contribution in [0.15, 0.2) is 72.9 Å². The summed E-state index contributed by atoms with van der Waals surface area (Å²) in [6, 6.07) is 24.3. The van der Waals surface area contributed by atoms with Crippen LogP contribution in [0.5, 0.6) is 0 Å². The van der Waals surface area contributed by atoms with Crippen molar-refractivity contribution >= 4 is 22.5 Å². The number of para-hydroxylation sites is 1. The second kappa shape index (κ2) is 8.41. The van der Waals surface area contributed by atoms with Gasteiger partial charge in [0.25, 0.3) is 0 Å². The minimum absolute atomic E-state index is 0.399. The lowest BCUT2D eigenvalue weighted by Gasteiger charge is -2.16. The van der Waals surface area contributed by atoms with Crippen LogP contribution < -0.4 is 5.32 Å². The van der Waals surface area contributed by atoms with Crippen molar-refractivity contribution in [1.29, 1.82) is 5.26 Å². The van der Waals surface area contributed by atoms with Crippen molar-refractivity contribution in [3.05, 3.63) is 89.6 Å². The van der Waals surface area contributed by atoms with Crippen molar-refractivity contribution < 1.29 is 0 Å². The van der Waals surface area contributed by atoms with E-state index in [1.807, 2.05) is 48.5 Å². The Bertz CT molecular complexity index is 1540. The number of nitrogens with one attached hydrogen (secondary N) is 1. The number of nitriles is 1. The van der Waals surface area contributed by atoms with Gasteiger partial charge in [-0.1, -0.05) is 30.3 Å². The van der Waals surface area contributed by atoms with Gasteiger partial charge in [-0.05, 0) is 73.2 Å². The Kier molecular flexibility index (Phi) is 4.96. The smallest absolute Gasteiger partial charge is 0.156 e. The molecule has 0 saturated carbocycles. The lowest BCUT2D eigenvalue weighted by Crippen LogP contribution is -2.07. The van der Waals surface area contributed by atoms with Crippen LogP contribution in [0.25, 0.3) is 28.0 Å². The summed E-state index contributed by atoms with van der Waals surface area (Å²) in [5.74, 6) is 1.64. The van der Waals surface area contributed by atoms with Crippen LogP contribution in [-0.4, -0.2) is 25.0 Å². The molecule has 0 radical (unpaired) electrons. The summed E-state index contributed by atoms with van der Waals surface area (Å²) in [5, 5.41) is 27.1. The quantitative estimate of drug-likeness (QED) is 0.401. The van der Waals surface area contributed by atoms with E-state index in [9.17, 15) is 5.26 Å². The number of benzene rings is 2. The number of anilines is 2. The van der Waals surface area contributed by atoms with Crippen LogP contribution in [0.1, 0.15) is 29.5 Å². The van der Waals surface area contributed by atoms with Gasteiger partial charge in [-0.2, -0.15) is 15.0 Å². The number of pyridine rings is 1. The van der Waals surface area contributed by atoms with E-state index in [1.165, 1.54) is 30.2 Å². The predicted molar refractivity (Wildman–Crippen MR) is 131 cm³/mol. The molecule has 0 spiro atoms. The summed E-state index contributed by atoms with van der Waals surface area (Å²) in [5.41, 5.74) is 6.01. The van der Waals surface area contributed by atoms with E-state index in [0.717, 1.165) is 35.0 Å². The van der Waals surface area contributed by atoms with E-state index in [0.29, 0.717) is 23.0 Å². The third-order valence-electron chi connectivity index (χ3n) is 6.25. The molecule has 3 heterocycles. The molecule has 6 rings (SSSR count). The molecule has 0 fully saturated rings. The summed E-state index contributed by atoms with van der Waals surface area (Å²) in [6.45, 7) is 0. The van der Waals surface area contributed by atoms with Crippen molar-refractivity contribution in [2.75, 3.05) is 5.32 Å². The van der Waals surface area contributed by atoms with Gasteiger partial charge < -0.3 is 5.32 Å². The number of fused-ring (bicyclic) bond motifs is 2. The van der Waals surface area contributed by atoms with Gasteiger partial charge in [0.1, 0.15) is 11.6 Å². The van der Waals surface area contributed by atoms with Gasteiger partial charge in [0.05, 0.1) is 17.4 Å². The minimum atomic E-state index is 0.399. The van der Waals surface area contributed by atoms with Gasteiger partial charge in [-0.25, -0.2) is 4.98 Å². The van der Waals surface area contributed by atoms with Gasteiger partial charge >= 0.3 is 0 Å². The van der Waals surface area contributed by atoms with Crippen LogP contribution in [0.2, 0.25) is 0 Å². The number of aromatic nitrogens is 5. The van der Waals surface area contributed by atoms with Crippen LogP contribution in [0.4, 0.5) is 11.6 Å². The van der Waals surface area contributed by atoms with Crippen LogP contribution in [0, 0.1) is 11.3 Å². The minimum Gasteiger partial charge on any atom is -0.322 e. The molecule has 7 heteroatoms. The first-order valence-electron chi connectivity index (χ1n) is 11.4. The lowest BCUT2D eigenvalue weighted by atomic mass is 9.90. The average molecular weight is 444 g/mol. The maximum Gasteiger partial charge on any atom is 0.156 e. The molecular weight excluding hydrogens is 422 g/mol. The summed E-state index contributed by atoms with van der Waals surface area (Å²) >= 11 is 0. The number of nitrogens with zero attached hydrogens (tertiary/aromatic N) is 6. The Labute approximate surface area is 196 Å². The molecule has 0 amide bonds. The Hall–Kier alpha value is -4.57. The van der Waals surface area contributed by atoms with Gasteiger partial charge in [-0.15, -0.1) is 10.2 Å². The zero-order valence-corrected chi connectivity index (χ0v) is 18.4. The molecule has 0 unspecified atom stereocenters. The van der Waals surface area contributed by atoms with Crippen molar-refractivity contribution in [2.45, 2.75) is 25.7 Å². The van der Waals surface area contributed by atoms with E-state index >= 15 is 0 Å². The first kappa shape index (κ1) is 20.1. The second-order valence-corrected chi connectivity index (χ2v) is 8.41. The zero-order valence-electron chi connectivity index (χ0n) is 18.4. The maximum atomic E-state index is 9.62. The van der Waals surface area contributed by atoms with Crippen molar-refractivity contribution in [1.82, 2.24) is 25.0 Å². The standard InChI is InChI=1S/C27H21N7/c28-16-22-17-29-34(26-14-11-19-6-3-4-8-23(19)30-26)27(22)31-25-13-12-24(32-33-25)21-10-9-18-5-1-2-7-20(18)15-21/h3-4,6,8-15,17H,1-2,5,7H2,(H,31,33). The molecule has 34 heavy (non-hydrogen) atoms. The molecule has 0 atom stereocenters. The summed E-state index contributed by atoms with van der Waals surface area (Å²) < 4.78 is 1.62. The molecule has 1 aliphatic rings. The summed E-state index contributed by atoms with van der Waals surface area (Å²) in [6.07, 6.45) is 6.31. The highest BCUT2D eigenvalue weighted by atomic mass is 15.4. The van der Waals surface area contributed by atoms with Gasteiger partial charge in [0, 0.05) is 10.9 Å². The third kappa shape index (κ3) is 3.65. The molecule has 164 valence electrons. The highest BCUT2D eigenvalue weighted by Crippen LogP contribution is 2.28. The average Bonchev–Trinajstić information content (AvgIpc) is 3.31. The van der Waals surface area contributed by atoms with Crippen molar-refractivity contribution in [3.8, 4) is 23.1 Å². The number of hydrogen-bond donors (Lipinski definition) is 1. The molecule has 1 aliphatic carbocycles. The van der Waals surface area contributed by atoms with Crippen molar-refractivity contribution in [3.63, 3.8) is 0 Å². The highest BCUT2D eigenvalue weighted by molar-refractivity contribution is 5.79. The topological polar surface area (TPSA) is 92.3 Å². The van der Waals surface area contributed by atoms with Gasteiger partial charge in [0.2, 0.25) is 0 Å². The van der Waals surface area contributed by atoms with E-state index in [1.54, 1.807) is 4.68 Å². The van der Waals surface area contributed by atoms with E-state index < -0.39 is 0 Å². The fourth-order valence-electron chi connectivity index (χ4n) is 4.46. The molecule has 5 aromatic rings. The monoisotopic (exact) mass is 443 g/mol. The normalized spacial score (nSPS) is 12.8. The molecule has 3 aromatic heterocycles. The van der Waals surface area contributed by atoms with Crippen LogP contribution in [0.3, 0.4) is 0 Å². The Morgan fingerprint density at radius 2 is 1.76 bits per heavy atom. The molecule has 7 nitrogen and oxygen atoms in total. The Morgan fingerprint density at radius 3 is 2.62 bits per heavy atom. The number of hydrogen-bond acceptors (Lipinski definition) is 6. The zero-order chi connectivity index (χ0) is 22.9. The van der Waals surface area contributed by atoms with Gasteiger partial charge in [-0.3, -0.25) is 0 Å². The molecule has 0 bridgehead atoms. The molecule has 0 aliphatic heterocycles. The van der Waals surface area contributed by atoms with Crippen molar-refractivity contribution in [2.24, 2.45) is 0 Å². The van der Waals surface area contributed by atoms with E-state index in [-0.39, 0.29) is 0 Å². The molecule has 0 saturated heterocycles. The largest absolute Gasteiger partial charge is 0.322 e. The van der Waals surface area contributed by atoms with Crippen LogP contribution in [-0.2, 0) is 12.8 Å². The number of aryl methyl sites for hydroxylation is 2. The first-order valence-corrected chi connectivity index (χ1v) is 11.4. The molecule has 1 N–H and O–H groups in total. The maximum absolute atomic E-state index is 9.62. The highest BCUT2D eigenvalue weighted by Gasteiger charge is 2.15. The summed E-state index contributed by atoms with van der Waals surface area (Å²) in [4.78, 5) is 4.70. The lowest BCUT2D eigenvalue weighted by molar-refractivity contribution is 0.686. The SMILES string of the molecule is N#Cc1cnn(-c2ccc3ccccc3n2)c1Nc1ccc(-c2ccc3c(c2)CCCC3)nn1. The predicted octanol–water partition coefficient (Wildman–Crippen LogP) is 5.37. The fourth-order valence-corrected chi connectivity index (χ4v) is 4.46. The van der Waals surface area contributed by atoms with E-state index in [4.69, 9.17) is 4.98 Å². The molecule has 2 aromatic carbocycles.